The third-order valence-corrected chi connectivity index (χ3v) is 4.07. The number of anilines is 1. The van der Waals surface area contributed by atoms with Crippen LogP contribution in [0.4, 0.5) is 5.69 Å². The molecule has 0 saturated carbocycles. The maximum atomic E-state index is 5.22. The van der Waals surface area contributed by atoms with Crippen LogP contribution in [0.2, 0.25) is 0 Å². The predicted molar refractivity (Wildman–Crippen MR) is 97.0 cm³/mol. The van der Waals surface area contributed by atoms with E-state index in [0.717, 1.165) is 23.6 Å². The number of pyridine rings is 1. The van der Waals surface area contributed by atoms with Crippen LogP contribution in [-0.2, 0) is 0 Å². The van der Waals surface area contributed by atoms with Crippen LogP contribution < -0.4 is 10.1 Å². The molecule has 2 rings (SSSR count). The van der Waals surface area contributed by atoms with Gasteiger partial charge in [0.15, 0.2) is 0 Å². The molecular weight excluding hydrogens is 284 g/mol. The Morgan fingerprint density at radius 3 is 2.43 bits per heavy atom. The van der Waals surface area contributed by atoms with Gasteiger partial charge >= 0.3 is 0 Å². The largest absolute Gasteiger partial charge is 0.497 e. The van der Waals surface area contributed by atoms with Crippen LogP contribution in [0, 0.1) is 0 Å². The van der Waals surface area contributed by atoms with Gasteiger partial charge in [-0.2, -0.15) is 0 Å². The van der Waals surface area contributed by atoms with E-state index in [1.165, 1.54) is 32.1 Å². The summed E-state index contributed by atoms with van der Waals surface area (Å²) in [5.74, 6) is 0.879. The first-order chi connectivity index (χ1) is 11.3. The van der Waals surface area contributed by atoms with Crippen molar-refractivity contribution in [1.29, 1.82) is 0 Å². The number of ether oxygens (including phenoxy) is 1. The highest BCUT2D eigenvalue weighted by Gasteiger charge is 2.12. The van der Waals surface area contributed by atoms with E-state index in [2.05, 4.69) is 41.5 Å². The van der Waals surface area contributed by atoms with Gasteiger partial charge in [0.2, 0.25) is 0 Å². The van der Waals surface area contributed by atoms with Crippen molar-refractivity contribution >= 4 is 5.69 Å². The zero-order valence-electron chi connectivity index (χ0n) is 14.3. The first kappa shape index (κ1) is 17.3. The molecule has 0 spiro atoms. The minimum absolute atomic E-state index is 0.256. The molecule has 0 saturated heterocycles. The molecule has 3 heteroatoms. The van der Waals surface area contributed by atoms with E-state index in [0.29, 0.717) is 0 Å². The van der Waals surface area contributed by atoms with Gasteiger partial charge in [-0.1, -0.05) is 45.1 Å². The van der Waals surface area contributed by atoms with E-state index in [4.69, 9.17) is 4.74 Å². The quantitative estimate of drug-likeness (QED) is 0.579. The molecule has 0 amide bonds. The van der Waals surface area contributed by atoms with Gasteiger partial charge in [-0.25, -0.2) is 0 Å². The summed E-state index contributed by atoms with van der Waals surface area (Å²) in [4.78, 5) is 4.54. The highest BCUT2D eigenvalue weighted by atomic mass is 16.5. The summed E-state index contributed by atoms with van der Waals surface area (Å²) in [6.45, 7) is 2.25. The van der Waals surface area contributed by atoms with E-state index in [1.54, 1.807) is 7.11 Å². The van der Waals surface area contributed by atoms with Crippen LogP contribution >= 0.6 is 0 Å². The summed E-state index contributed by atoms with van der Waals surface area (Å²) in [6, 6.07) is 14.5. The van der Waals surface area contributed by atoms with Crippen LogP contribution in [0.15, 0.2) is 48.7 Å². The van der Waals surface area contributed by atoms with Crippen molar-refractivity contribution in [3.63, 3.8) is 0 Å². The third-order valence-electron chi connectivity index (χ3n) is 4.07. The van der Waals surface area contributed by atoms with E-state index in [-0.39, 0.29) is 6.04 Å². The number of aromatic nitrogens is 1. The fourth-order valence-corrected chi connectivity index (χ4v) is 2.72. The molecule has 1 aromatic carbocycles. The average molecular weight is 312 g/mol. The Bertz CT molecular complexity index is 539. The fourth-order valence-electron chi connectivity index (χ4n) is 2.72. The van der Waals surface area contributed by atoms with Gasteiger partial charge < -0.3 is 10.1 Å². The molecule has 1 N–H and O–H groups in total. The number of benzene rings is 1. The van der Waals surface area contributed by atoms with E-state index < -0.39 is 0 Å². The highest BCUT2D eigenvalue weighted by molar-refractivity contribution is 5.47. The molecule has 0 aliphatic carbocycles. The summed E-state index contributed by atoms with van der Waals surface area (Å²) >= 11 is 0. The van der Waals surface area contributed by atoms with Crippen LogP contribution in [0.5, 0.6) is 5.75 Å². The van der Waals surface area contributed by atoms with Crippen molar-refractivity contribution in [1.82, 2.24) is 4.98 Å². The van der Waals surface area contributed by atoms with Crippen LogP contribution in [-0.4, -0.2) is 12.1 Å². The number of rotatable bonds is 10. The Morgan fingerprint density at radius 2 is 1.78 bits per heavy atom. The Hall–Kier alpha value is -2.03. The van der Waals surface area contributed by atoms with Crippen LogP contribution in [0.3, 0.4) is 0 Å². The van der Waals surface area contributed by atoms with Crippen molar-refractivity contribution < 1.29 is 4.74 Å². The standard InChI is InChI=1S/C20H28N2O/c1-3-4-5-6-7-11-20(19-10-8-9-16-21-19)22-17-12-14-18(23-2)15-13-17/h8-10,12-16,20,22H,3-7,11H2,1-2H3. The summed E-state index contributed by atoms with van der Waals surface area (Å²) in [5, 5.41) is 3.62. The molecule has 2 aromatic rings. The fraction of sp³-hybridized carbons (Fsp3) is 0.450. The summed E-state index contributed by atoms with van der Waals surface area (Å²) < 4.78 is 5.22. The number of methoxy groups -OCH3 is 1. The topological polar surface area (TPSA) is 34.1 Å². The number of nitrogens with zero attached hydrogens (tertiary/aromatic N) is 1. The van der Waals surface area contributed by atoms with Crippen LogP contribution in [0.1, 0.15) is 57.2 Å². The lowest BCUT2D eigenvalue weighted by molar-refractivity contribution is 0.415. The summed E-state index contributed by atoms with van der Waals surface area (Å²) in [7, 11) is 1.69. The average Bonchev–Trinajstić information content (AvgIpc) is 2.62. The molecule has 23 heavy (non-hydrogen) atoms. The monoisotopic (exact) mass is 312 g/mol. The van der Waals surface area contributed by atoms with Gasteiger partial charge in [-0.15, -0.1) is 0 Å². The number of hydrogen-bond acceptors (Lipinski definition) is 3. The molecule has 124 valence electrons. The molecule has 0 aliphatic rings. The van der Waals surface area contributed by atoms with Crippen LogP contribution in [0.25, 0.3) is 0 Å². The highest BCUT2D eigenvalue weighted by Crippen LogP contribution is 2.25. The third kappa shape index (κ3) is 5.93. The molecule has 0 radical (unpaired) electrons. The summed E-state index contributed by atoms with van der Waals surface area (Å²) in [6.07, 6.45) is 9.44. The Labute approximate surface area is 140 Å². The minimum atomic E-state index is 0.256. The van der Waals surface area contributed by atoms with Crippen molar-refractivity contribution in [2.75, 3.05) is 12.4 Å². The van der Waals surface area contributed by atoms with Gasteiger partial charge in [0.05, 0.1) is 18.8 Å². The minimum Gasteiger partial charge on any atom is -0.497 e. The number of nitrogens with one attached hydrogen (secondary N) is 1. The van der Waals surface area contributed by atoms with Gasteiger partial charge in [-0.05, 0) is 42.8 Å². The maximum Gasteiger partial charge on any atom is 0.119 e. The maximum absolute atomic E-state index is 5.22. The first-order valence-corrected chi connectivity index (χ1v) is 8.65. The van der Waals surface area contributed by atoms with Gasteiger partial charge in [0.1, 0.15) is 5.75 Å². The van der Waals surface area contributed by atoms with E-state index in [9.17, 15) is 0 Å². The first-order valence-electron chi connectivity index (χ1n) is 8.65. The number of unbranched alkanes of at least 4 members (excludes halogenated alkanes) is 4. The van der Waals surface area contributed by atoms with Crippen molar-refractivity contribution in [2.45, 2.75) is 51.5 Å². The Morgan fingerprint density at radius 1 is 1.00 bits per heavy atom. The molecule has 1 atom stereocenters. The smallest absolute Gasteiger partial charge is 0.119 e. The van der Waals surface area contributed by atoms with Crippen molar-refractivity contribution in [2.24, 2.45) is 0 Å². The SMILES string of the molecule is CCCCCCCC(Nc1ccc(OC)cc1)c1ccccn1. The Balaban J connectivity index is 1.97. The lowest BCUT2D eigenvalue weighted by atomic mass is 10.0. The lowest BCUT2D eigenvalue weighted by Gasteiger charge is -2.20. The zero-order valence-corrected chi connectivity index (χ0v) is 14.3. The molecule has 0 bridgehead atoms. The van der Waals surface area contributed by atoms with Crippen molar-refractivity contribution in [3.8, 4) is 5.75 Å². The molecular formula is C20H28N2O. The second-order valence-electron chi connectivity index (χ2n) is 5.88. The molecule has 1 unspecified atom stereocenters. The molecule has 1 heterocycles. The van der Waals surface area contributed by atoms with Gasteiger partial charge in [0.25, 0.3) is 0 Å². The summed E-state index contributed by atoms with van der Waals surface area (Å²) in [5.41, 5.74) is 2.22. The second kappa shape index (κ2) is 9.88. The normalized spacial score (nSPS) is 11.9. The van der Waals surface area contributed by atoms with Gasteiger partial charge in [0, 0.05) is 11.9 Å². The second-order valence-corrected chi connectivity index (χ2v) is 5.88. The molecule has 1 aromatic heterocycles. The predicted octanol–water partition coefficient (Wildman–Crippen LogP) is 5.60. The molecule has 0 fully saturated rings. The zero-order chi connectivity index (χ0) is 16.3. The number of hydrogen-bond donors (Lipinski definition) is 1. The Kier molecular flexibility index (Phi) is 7.44. The van der Waals surface area contributed by atoms with E-state index >= 15 is 0 Å². The lowest BCUT2D eigenvalue weighted by Crippen LogP contribution is -2.12. The van der Waals surface area contributed by atoms with E-state index in [1.807, 2.05) is 24.4 Å². The van der Waals surface area contributed by atoms with Crippen molar-refractivity contribution in [3.05, 3.63) is 54.4 Å². The van der Waals surface area contributed by atoms with Gasteiger partial charge in [-0.3, -0.25) is 4.98 Å². The molecule has 3 nitrogen and oxygen atoms in total. The molecule has 0 aliphatic heterocycles.